The smallest absolute Gasteiger partial charge is 0.237 e. The third-order valence-electron chi connectivity index (χ3n) is 4.51. The Morgan fingerprint density at radius 2 is 1.70 bits per heavy atom. The molecule has 0 aliphatic heterocycles. The Bertz CT molecular complexity index is 918. The number of hydrogen-bond donors (Lipinski definition) is 1. The lowest BCUT2D eigenvalue weighted by Crippen LogP contribution is -2.23. The molecule has 0 aliphatic carbocycles. The number of nitrogens with zero attached hydrogens (tertiary/aromatic N) is 2. The molecule has 4 nitrogen and oxygen atoms in total. The van der Waals surface area contributed by atoms with Crippen molar-refractivity contribution < 1.29 is 4.79 Å². The van der Waals surface area contributed by atoms with Crippen LogP contribution in [0.2, 0.25) is 0 Å². The molecule has 0 aliphatic rings. The average molecular weight is 380 g/mol. The first kappa shape index (κ1) is 19.2. The first-order chi connectivity index (χ1) is 13.0. The highest BCUT2D eigenvalue weighted by Crippen LogP contribution is 2.29. The van der Waals surface area contributed by atoms with Crippen LogP contribution in [0, 0.1) is 0 Å². The van der Waals surface area contributed by atoms with Crippen LogP contribution in [0.1, 0.15) is 32.3 Å². The molecule has 140 valence electrons. The topological polar surface area (TPSA) is 46.9 Å². The summed E-state index contributed by atoms with van der Waals surface area (Å²) in [6.07, 6.45) is 1.86. The van der Waals surface area contributed by atoms with Crippen molar-refractivity contribution >= 4 is 23.4 Å². The summed E-state index contributed by atoms with van der Waals surface area (Å²) in [4.78, 5) is 17.2. The van der Waals surface area contributed by atoms with E-state index in [1.54, 1.807) is 0 Å². The minimum Gasteiger partial charge on any atom is -0.325 e. The summed E-state index contributed by atoms with van der Waals surface area (Å²) in [6.45, 7) is 6.17. The summed E-state index contributed by atoms with van der Waals surface area (Å²) < 4.78 is 2.03. The van der Waals surface area contributed by atoms with E-state index in [-0.39, 0.29) is 11.2 Å². The van der Waals surface area contributed by atoms with Crippen molar-refractivity contribution in [2.75, 3.05) is 5.32 Å². The molecule has 0 spiro atoms. The number of carbonyl (C=O) groups excluding carboxylic acids is 1. The van der Waals surface area contributed by atoms with E-state index in [4.69, 9.17) is 0 Å². The molecule has 1 N–H and O–H groups in total. The van der Waals surface area contributed by atoms with Gasteiger partial charge in [0.2, 0.25) is 5.91 Å². The van der Waals surface area contributed by atoms with Gasteiger partial charge in [-0.2, -0.15) is 0 Å². The lowest BCUT2D eigenvalue weighted by atomic mass is 10.0. The minimum absolute atomic E-state index is 0.0163. The number of thioether (sulfide) groups is 1. The molecule has 0 radical (unpaired) electrons. The number of nitrogens with one attached hydrogen (secondary N) is 1. The van der Waals surface area contributed by atoms with Gasteiger partial charge in [-0.3, -0.25) is 4.79 Å². The first-order valence-corrected chi connectivity index (χ1v) is 9.99. The molecular weight excluding hydrogens is 354 g/mol. The highest BCUT2D eigenvalue weighted by Gasteiger charge is 2.19. The number of benzene rings is 2. The second-order valence-electron chi connectivity index (χ2n) is 6.84. The molecule has 0 saturated carbocycles. The molecule has 1 unspecified atom stereocenters. The van der Waals surface area contributed by atoms with Crippen LogP contribution in [0.15, 0.2) is 66.0 Å². The van der Waals surface area contributed by atoms with Gasteiger partial charge in [-0.15, -0.1) is 0 Å². The fraction of sp³-hybridized carbons (Fsp3) is 0.273. The van der Waals surface area contributed by atoms with E-state index >= 15 is 0 Å². The first-order valence-electron chi connectivity index (χ1n) is 9.11. The van der Waals surface area contributed by atoms with Crippen molar-refractivity contribution in [2.24, 2.45) is 7.05 Å². The summed E-state index contributed by atoms with van der Waals surface area (Å²) in [5.74, 6) is 0.338. The lowest BCUT2D eigenvalue weighted by molar-refractivity contribution is -0.115. The molecular formula is C22H25N3OS. The molecule has 3 rings (SSSR count). The van der Waals surface area contributed by atoms with E-state index in [0.717, 1.165) is 27.7 Å². The Labute approximate surface area is 165 Å². The predicted molar refractivity (Wildman–Crippen MR) is 113 cm³/mol. The monoisotopic (exact) mass is 379 g/mol. The van der Waals surface area contributed by atoms with Crippen molar-refractivity contribution in [1.82, 2.24) is 9.55 Å². The number of aromatic nitrogens is 2. The van der Waals surface area contributed by atoms with Crippen LogP contribution in [-0.2, 0) is 11.8 Å². The Morgan fingerprint density at radius 3 is 2.41 bits per heavy atom. The van der Waals surface area contributed by atoms with Crippen LogP contribution >= 0.6 is 11.8 Å². The predicted octanol–water partition coefficient (Wildman–Crippen LogP) is 5.33. The second-order valence-corrected chi connectivity index (χ2v) is 8.15. The van der Waals surface area contributed by atoms with Crippen LogP contribution in [0.5, 0.6) is 0 Å². The summed E-state index contributed by atoms with van der Waals surface area (Å²) in [7, 11) is 1.98. The maximum atomic E-state index is 12.7. The van der Waals surface area contributed by atoms with Crippen molar-refractivity contribution in [2.45, 2.75) is 37.1 Å². The van der Waals surface area contributed by atoms with Gasteiger partial charge in [-0.1, -0.05) is 74.1 Å². The number of imidazole rings is 1. The molecule has 0 fully saturated rings. The maximum absolute atomic E-state index is 12.7. The Balaban J connectivity index is 1.72. The van der Waals surface area contributed by atoms with Gasteiger partial charge in [0.25, 0.3) is 0 Å². The van der Waals surface area contributed by atoms with Gasteiger partial charge in [0, 0.05) is 12.7 Å². The molecule has 5 heteroatoms. The van der Waals surface area contributed by atoms with Gasteiger partial charge < -0.3 is 9.88 Å². The van der Waals surface area contributed by atoms with Crippen molar-refractivity contribution in [3.05, 3.63) is 66.4 Å². The zero-order valence-electron chi connectivity index (χ0n) is 16.1. The number of carbonyl (C=O) groups is 1. The van der Waals surface area contributed by atoms with Crippen LogP contribution in [0.3, 0.4) is 0 Å². The van der Waals surface area contributed by atoms with Gasteiger partial charge >= 0.3 is 0 Å². The van der Waals surface area contributed by atoms with E-state index in [1.807, 2.05) is 61.1 Å². The maximum Gasteiger partial charge on any atom is 0.237 e. The average Bonchev–Trinajstić information content (AvgIpc) is 3.03. The largest absolute Gasteiger partial charge is 0.325 e. The zero-order valence-corrected chi connectivity index (χ0v) is 17.0. The molecule has 1 heterocycles. The van der Waals surface area contributed by atoms with Crippen LogP contribution in [-0.4, -0.2) is 20.7 Å². The molecule has 0 saturated heterocycles. The van der Waals surface area contributed by atoms with Gasteiger partial charge in [-0.05, 0) is 30.0 Å². The number of rotatable bonds is 6. The van der Waals surface area contributed by atoms with Gasteiger partial charge in [0.15, 0.2) is 5.16 Å². The van der Waals surface area contributed by atoms with Crippen LogP contribution in [0.25, 0.3) is 11.3 Å². The minimum atomic E-state index is -0.255. The summed E-state index contributed by atoms with van der Waals surface area (Å²) in [5, 5.41) is 3.65. The fourth-order valence-electron chi connectivity index (χ4n) is 2.94. The Hall–Kier alpha value is -2.53. The number of hydrogen-bond acceptors (Lipinski definition) is 3. The zero-order chi connectivity index (χ0) is 19.4. The number of amides is 1. The Morgan fingerprint density at radius 1 is 1.04 bits per heavy atom. The van der Waals surface area contributed by atoms with Gasteiger partial charge in [-0.25, -0.2) is 4.98 Å². The van der Waals surface area contributed by atoms with E-state index < -0.39 is 0 Å². The fourth-order valence-corrected chi connectivity index (χ4v) is 3.79. The molecule has 0 bridgehead atoms. The summed E-state index contributed by atoms with van der Waals surface area (Å²) in [6, 6.07) is 18.1. The summed E-state index contributed by atoms with van der Waals surface area (Å²) in [5.41, 5.74) is 4.18. The lowest BCUT2D eigenvalue weighted by Gasteiger charge is -2.16. The Kier molecular flexibility index (Phi) is 6.01. The van der Waals surface area contributed by atoms with Crippen LogP contribution < -0.4 is 5.32 Å². The molecule has 1 aromatic heterocycles. The molecule has 1 atom stereocenters. The van der Waals surface area contributed by atoms with E-state index in [0.29, 0.717) is 5.92 Å². The van der Waals surface area contributed by atoms with E-state index in [1.165, 1.54) is 11.8 Å². The third-order valence-corrected chi connectivity index (χ3v) is 5.66. The molecule has 1 amide bonds. The highest BCUT2D eigenvalue weighted by atomic mass is 32.2. The normalized spacial score (nSPS) is 12.2. The number of para-hydroxylation sites is 1. The highest BCUT2D eigenvalue weighted by molar-refractivity contribution is 8.00. The van der Waals surface area contributed by atoms with Crippen molar-refractivity contribution in [3.63, 3.8) is 0 Å². The van der Waals surface area contributed by atoms with Crippen LogP contribution in [0.4, 0.5) is 5.69 Å². The number of anilines is 1. The van der Waals surface area contributed by atoms with Gasteiger partial charge in [0.1, 0.15) is 0 Å². The van der Waals surface area contributed by atoms with Crippen molar-refractivity contribution in [3.8, 4) is 11.3 Å². The summed E-state index contributed by atoms with van der Waals surface area (Å²) >= 11 is 1.47. The van der Waals surface area contributed by atoms with Gasteiger partial charge in [0.05, 0.1) is 17.1 Å². The quantitative estimate of drug-likeness (QED) is 0.589. The molecule has 3 aromatic rings. The molecule has 2 aromatic carbocycles. The second kappa shape index (κ2) is 8.44. The van der Waals surface area contributed by atoms with E-state index in [2.05, 4.69) is 42.3 Å². The van der Waals surface area contributed by atoms with Crippen molar-refractivity contribution in [1.29, 1.82) is 0 Å². The molecule has 27 heavy (non-hydrogen) atoms. The third kappa shape index (κ3) is 4.42. The SMILES string of the molecule is CC(Sc1ncc(-c2ccccc2)n1C)C(=O)Nc1ccccc1C(C)C. The standard InChI is InChI=1S/C22H25N3OS/c1-15(2)18-12-8-9-13-19(18)24-21(26)16(3)27-22-23-14-20(25(22)4)17-10-6-5-7-11-17/h5-16H,1-4H3,(H,24,26). The van der Waals surface area contributed by atoms with E-state index in [9.17, 15) is 4.79 Å².